The van der Waals surface area contributed by atoms with Crippen LogP contribution in [0.1, 0.15) is 25.0 Å². The molecule has 1 aliphatic rings. The average molecular weight is 730 g/mol. The lowest BCUT2D eigenvalue weighted by molar-refractivity contribution is 0.660. The van der Waals surface area contributed by atoms with Gasteiger partial charge in [0.2, 0.25) is 0 Å². The first-order valence-corrected chi connectivity index (χ1v) is 19.5. The molecule has 10 rings (SSSR count). The summed E-state index contributed by atoms with van der Waals surface area (Å²) in [6.45, 7) is 4.66. The Hall–Kier alpha value is -7.23. The van der Waals surface area contributed by atoms with E-state index in [1.165, 1.54) is 44.5 Å². The van der Waals surface area contributed by atoms with Gasteiger partial charge in [0.15, 0.2) is 5.82 Å². The Kier molecular flexibility index (Phi) is 8.49. The molecule has 0 radical (unpaired) electrons. The molecule has 3 heteroatoms. The van der Waals surface area contributed by atoms with Crippen molar-refractivity contribution in [3.8, 4) is 89.5 Å². The minimum Gasteiger partial charge on any atom is -0.264 e. The molecule has 0 amide bonds. The summed E-state index contributed by atoms with van der Waals surface area (Å²) in [5.74, 6) is 0.697. The van der Waals surface area contributed by atoms with Crippen molar-refractivity contribution in [1.29, 1.82) is 0 Å². The number of aromatic nitrogens is 3. The van der Waals surface area contributed by atoms with Crippen molar-refractivity contribution in [3.63, 3.8) is 0 Å². The summed E-state index contributed by atoms with van der Waals surface area (Å²) in [6.07, 6.45) is 3.69. The highest BCUT2D eigenvalue weighted by Crippen LogP contribution is 2.49. The second kappa shape index (κ2) is 14.1. The molecule has 270 valence electrons. The number of pyridine rings is 1. The fourth-order valence-electron chi connectivity index (χ4n) is 8.34. The monoisotopic (exact) mass is 729 g/mol. The van der Waals surface area contributed by atoms with Crippen molar-refractivity contribution in [2.45, 2.75) is 19.3 Å². The van der Waals surface area contributed by atoms with Crippen molar-refractivity contribution >= 4 is 0 Å². The van der Waals surface area contributed by atoms with E-state index in [1.54, 1.807) is 6.20 Å². The molecule has 0 aliphatic heterocycles. The van der Waals surface area contributed by atoms with E-state index in [1.807, 2.05) is 30.5 Å². The highest BCUT2D eigenvalue weighted by molar-refractivity contribution is 5.86. The Morgan fingerprint density at radius 3 is 1.47 bits per heavy atom. The molecule has 0 spiro atoms. The quantitative estimate of drug-likeness (QED) is 0.164. The largest absolute Gasteiger partial charge is 0.264 e. The summed E-state index contributed by atoms with van der Waals surface area (Å²) in [4.78, 5) is 14.5. The minimum atomic E-state index is -0.00265. The molecule has 0 unspecified atom stereocenters. The maximum absolute atomic E-state index is 5.13. The van der Waals surface area contributed by atoms with Gasteiger partial charge in [-0.15, -0.1) is 0 Å². The van der Waals surface area contributed by atoms with E-state index in [4.69, 9.17) is 9.97 Å². The summed E-state index contributed by atoms with van der Waals surface area (Å²) in [5.41, 5.74) is 19.6. The molecule has 57 heavy (non-hydrogen) atoms. The van der Waals surface area contributed by atoms with Crippen LogP contribution in [0.25, 0.3) is 89.5 Å². The lowest BCUT2D eigenvalue weighted by Crippen LogP contribution is -2.14. The van der Waals surface area contributed by atoms with E-state index in [0.29, 0.717) is 5.82 Å². The third-order valence-corrected chi connectivity index (χ3v) is 11.4. The van der Waals surface area contributed by atoms with E-state index >= 15 is 0 Å². The molecule has 2 heterocycles. The summed E-state index contributed by atoms with van der Waals surface area (Å²) < 4.78 is 0. The highest BCUT2D eigenvalue weighted by Gasteiger charge is 2.35. The number of fused-ring (bicyclic) bond motifs is 3. The van der Waals surface area contributed by atoms with Crippen molar-refractivity contribution < 1.29 is 0 Å². The van der Waals surface area contributed by atoms with Crippen molar-refractivity contribution in [3.05, 3.63) is 212 Å². The summed E-state index contributed by atoms with van der Waals surface area (Å²) >= 11 is 0. The fourth-order valence-corrected chi connectivity index (χ4v) is 8.34. The molecule has 9 aromatic rings. The number of nitrogens with zero attached hydrogens (tertiary/aromatic N) is 3. The van der Waals surface area contributed by atoms with Gasteiger partial charge in [0.05, 0.1) is 11.4 Å². The van der Waals surface area contributed by atoms with Crippen molar-refractivity contribution in [1.82, 2.24) is 15.0 Å². The number of hydrogen-bond acceptors (Lipinski definition) is 3. The molecule has 0 atom stereocenters. The Balaban J connectivity index is 0.985. The second-order valence-electron chi connectivity index (χ2n) is 15.3. The Morgan fingerprint density at radius 1 is 0.333 bits per heavy atom. The Labute approximate surface area is 334 Å². The molecule has 3 nitrogen and oxygen atoms in total. The lowest BCUT2D eigenvalue weighted by Gasteiger charge is -2.21. The zero-order valence-electron chi connectivity index (χ0n) is 31.9. The lowest BCUT2D eigenvalue weighted by atomic mass is 9.82. The second-order valence-corrected chi connectivity index (χ2v) is 15.3. The van der Waals surface area contributed by atoms with Gasteiger partial charge in [-0.1, -0.05) is 166 Å². The van der Waals surface area contributed by atoms with Crippen LogP contribution in [0.4, 0.5) is 0 Å². The molecule has 0 bridgehead atoms. The van der Waals surface area contributed by atoms with Gasteiger partial charge in [-0.05, 0) is 103 Å². The maximum Gasteiger partial charge on any atom is 0.160 e. The SMILES string of the molecule is CC1(C)c2ccccc2-c2cc(-c3cccc(-c4cccc(-c5cccc(-c6cc(-c7ccc(-c8cccnc8)cc7)nc(-c7ccccc7)n6)c5)c4)c3)ccc21. The van der Waals surface area contributed by atoms with Gasteiger partial charge in [0.1, 0.15) is 0 Å². The van der Waals surface area contributed by atoms with Gasteiger partial charge in [0.25, 0.3) is 0 Å². The van der Waals surface area contributed by atoms with Crippen LogP contribution in [0, 0.1) is 0 Å². The van der Waals surface area contributed by atoms with Gasteiger partial charge in [-0.3, -0.25) is 4.98 Å². The Bertz CT molecular complexity index is 2910. The third-order valence-electron chi connectivity index (χ3n) is 11.4. The van der Waals surface area contributed by atoms with Gasteiger partial charge >= 0.3 is 0 Å². The van der Waals surface area contributed by atoms with Crippen molar-refractivity contribution in [2.24, 2.45) is 0 Å². The topological polar surface area (TPSA) is 38.7 Å². The molecular formula is C54H39N3. The molecule has 2 aromatic heterocycles. The number of benzene rings is 7. The molecule has 0 saturated heterocycles. The summed E-state index contributed by atoms with van der Waals surface area (Å²) in [7, 11) is 0. The van der Waals surface area contributed by atoms with Crippen LogP contribution in [-0.4, -0.2) is 15.0 Å². The van der Waals surface area contributed by atoms with E-state index in [2.05, 4.69) is 183 Å². The van der Waals surface area contributed by atoms with Crippen molar-refractivity contribution in [2.75, 3.05) is 0 Å². The van der Waals surface area contributed by atoms with Crippen LogP contribution in [0.15, 0.2) is 200 Å². The zero-order chi connectivity index (χ0) is 38.3. The van der Waals surface area contributed by atoms with Crippen LogP contribution in [-0.2, 0) is 5.41 Å². The first-order valence-electron chi connectivity index (χ1n) is 19.5. The standard InChI is InChI=1S/C54H39N3/c1-54(2)49-22-7-6-21-47(49)48-33-44(27-28-50(48)54)42-17-9-15-40(31-42)39-14-8-16-41(30-39)43-18-10-19-45(32-43)52-34-51(56-53(57-52)38-12-4-3-5-13-38)37-25-23-36(24-26-37)46-20-11-29-55-35-46/h3-35H,1-2H3. The molecule has 0 N–H and O–H groups in total. The van der Waals surface area contributed by atoms with Crippen LogP contribution >= 0.6 is 0 Å². The predicted octanol–water partition coefficient (Wildman–Crippen LogP) is 13.8. The normalized spacial score (nSPS) is 12.5. The molecule has 0 saturated carbocycles. The van der Waals surface area contributed by atoms with E-state index < -0.39 is 0 Å². The minimum absolute atomic E-state index is 0.00265. The molecular weight excluding hydrogens is 691 g/mol. The van der Waals surface area contributed by atoms with Gasteiger partial charge in [-0.2, -0.15) is 0 Å². The number of rotatable bonds is 7. The summed E-state index contributed by atoms with van der Waals surface area (Å²) in [6, 6.07) is 67.2. The smallest absolute Gasteiger partial charge is 0.160 e. The van der Waals surface area contributed by atoms with Crippen LogP contribution in [0.3, 0.4) is 0 Å². The molecule has 0 fully saturated rings. The Morgan fingerprint density at radius 2 is 0.825 bits per heavy atom. The predicted molar refractivity (Wildman–Crippen MR) is 235 cm³/mol. The summed E-state index contributed by atoms with van der Waals surface area (Å²) in [5, 5.41) is 0. The maximum atomic E-state index is 5.13. The van der Waals surface area contributed by atoms with Gasteiger partial charge < -0.3 is 0 Å². The fraction of sp³-hybridized carbons (Fsp3) is 0.0556. The average Bonchev–Trinajstić information content (AvgIpc) is 3.52. The first-order chi connectivity index (χ1) is 28.0. The zero-order valence-corrected chi connectivity index (χ0v) is 31.9. The van der Waals surface area contributed by atoms with E-state index in [0.717, 1.165) is 50.3 Å². The highest BCUT2D eigenvalue weighted by atomic mass is 14.9. The van der Waals surface area contributed by atoms with E-state index in [-0.39, 0.29) is 5.41 Å². The number of hydrogen-bond donors (Lipinski definition) is 0. The molecule has 1 aliphatic carbocycles. The van der Waals surface area contributed by atoms with Crippen LogP contribution in [0.5, 0.6) is 0 Å². The van der Waals surface area contributed by atoms with E-state index in [9.17, 15) is 0 Å². The third kappa shape index (κ3) is 6.43. The van der Waals surface area contributed by atoms with Gasteiger partial charge in [-0.25, -0.2) is 9.97 Å². The van der Waals surface area contributed by atoms with Gasteiger partial charge in [0, 0.05) is 34.5 Å². The molecule has 7 aromatic carbocycles. The first kappa shape index (κ1) is 34.3. The van der Waals surface area contributed by atoms with Crippen LogP contribution < -0.4 is 0 Å². The van der Waals surface area contributed by atoms with Crippen LogP contribution in [0.2, 0.25) is 0 Å².